The van der Waals surface area contributed by atoms with Gasteiger partial charge in [-0.2, -0.15) is 0 Å². The summed E-state index contributed by atoms with van der Waals surface area (Å²) < 4.78 is 20.7. The van der Waals surface area contributed by atoms with Gasteiger partial charge in [-0.25, -0.2) is 0 Å². The number of anilines is 1. The van der Waals surface area contributed by atoms with Crippen LogP contribution in [0.15, 0.2) is 64.8 Å². The monoisotopic (exact) mass is 619 g/mol. The molecule has 1 fully saturated rings. The number of hydrogen-bond acceptors (Lipinski definition) is 7. The highest BCUT2D eigenvalue weighted by Gasteiger charge is 2.18. The Morgan fingerprint density at radius 2 is 1.57 bits per heavy atom. The minimum absolute atomic E-state index is 0.0743. The van der Waals surface area contributed by atoms with Gasteiger partial charge in [0.25, 0.3) is 5.56 Å². The van der Waals surface area contributed by atoms with Crippen molar-refractivity contribution in [2.45, 2.75) is 65.0 Å². The highest BCUT2D eigenvalue weighted by molar-refractivity contribution is 7.17. The zero-order chi connectivity index (χ0) is 30.4. The van der Waals surface area contributed by atoms with Crippen LogP contribution in [0.3, 0.4) is 0 Å². The van der Waals surface area contributed by atoms with Gasteiger partial charge in [-0.05, 0) is 73.0 Å². The lowest BCUT2D eigenvalue weighted by atomic mass is 10.1. The molecular weight excluding hydrogens is 570 g/mol. The van der Waals surface area contributed by atoms with Crippen LogP contribution in [0.1, 0.15) is 58.3 Å². The first-order valence-electron chi connectivity index (χ1n) is 16.6. The number of thiophene rings is 1. The predicted molar refractivity (Wildman–Crippen MR) is 184 cm³/mol. The van der Waals surface area contributed by atoms with Crippen molar-refractivity contribution < 1.29 is 14.2 Å². The summed E-state index contributed by atoms with van der Waals surface area (Å²) in [5, 5.41) is 4.56. The van der Waals surface area contributed by atoms with Gasteiger partial charge in [0, 0.05) is 60.7 Å². The third-order valence-electron chi connectivity index (χ3n) is 8.52. The summed E-state index contributed by atoms with van der Waals surface area (Å²) in [4.78, 5) is 17.8. The molecule has 0 N–H and O–H groups in total. The molecule has 1 aliphatic heterocycles. The lowest BCUT2D eigenvalue weighted by Gasteiger charge is -2.36. The Kier molecular flexibility index (Phi) is 13.0. The van der Waals surface area contributed by atoms with E-state index in [2.05, 4.69) is 46.4 Å². The fourth-order valence-electron chi connectivity index (χ4n) is 5.94. The van der Waals surface area contributed by atoms with Gasteiger partial charge in [0.15, 0.2) is 0 Å². The molecule has 0 bridgehead atoms. The van der Waals surface area contributed by atoms with Crippen molar-refractivity contribution in [3.8, 4) is 5.75 Å². The minimum atomic E-state index is -0.0743. The normalized spacial score (nSPS) is 14.2. The van der Waals surface area contributed by atoms with Crippen LogP contribution in [0.5, 0.6) is 5.75 Å². The quantitative estimate of drug-likeness (QED) is 0.101. The third-order valence-corrected chi connectivity index (χ3v) is 9.40. The highest BCUT2D eigenvalue weighted by atomic mass is 32.1. The van der Waals surface area contributed by atoms with Gasteiger partial charge in [-0.15, -0.1) is 11.3 Å². The van der Waals surface area contributed by atoms with Gasteiger partial charge in [0.2, 0.25) is 0 Å². The van der Waals surface area contributed by atoms with Crippen molar-refractivity contribution in [1.29, 1.82) is 0 Å². The number of unbranched alkanes of at least 4 members (excludes halogenated alkanes) is 6. The average molecular weight is 620 g/mol. The summed E-state index contributed by atoms with van der Waals surface area (Å²) in [6.45, 7) is 10.3. The smallest absolute Gasteiger partial charge is 0.252 e. The molecule has 0 unspecified atom stereocenters. The van der Waals surface area contributed by atoms with Gasteiger partial charge in [-0.3, -0.25) is 14.3 Å². The van der Waals surface area contributed by atoms with Crippen LogP contribution in [0.4, 0.5) is 5.69 Å². The largest absolute Gasteiger partial charge is 0.494 e. The van der Waals surface area contributed by atoms with Crippen LogP contribution in [-0.2, 0) is 16.2 Å². The van der Waals surface area contributed by atoms with Gasteiger partial charge >= 0.3 is 0 Å². The third kappa shape index (κ3) is 9.30. The van der Waals surface area contributed by atoms with Gasteiger partial charge in [0.05, 0.1) is 25.3 Å². The van der Waals surface area contributed by atoms with E-state index in [1.54, 1.807) is 10.6 Å². The fourth-order valence-corrected chi connectivity index (χ4v) is 6.75. The van der Waals surface area contributed by atoms with E-state index in [-0.39, 0.29) is 12.3 Å². The molecule has 7 nitrogen and oxygen atoms in total. The van der Waals surface area contributed by atoms with E-state index >= 15 is 0 Å². The summed E-state index contributed by atoms with van der Waals surface area (Å²) in [6, 6.07) is 18.3. The van der Waals surface area contributed by atoms with E-state index in [9.17, 15) is 4.79 Å². The molecule has 44 heavy (non-hydrogen) atoms. The zero-order valence-corrected chi connectivity index (χ0v) is 27.2. The second kappa shape index (κ2) is 17.5. The van der Waals surface area contributed by atoms with Gasteiger partial charge < -0.3 is 19.1 Å². The molecule has 5 rings (SSSR count). The molecular formula is C36H49N3O4S. The molecule has 1 saturated heterocycles. The van der Waals surface area contributed by atoms with E-state index in [1.165, 1.54) is 47.9 Å². The van der Waals surface area contributed by atoms with E-state index in [4.69, 9.17) is 14.2 Å². The maximum atomic E-state index is 12.7. The Morgan fingerprint density at radius 1 is 0.773 bits per heavy atom. The standard InChI is InChI=1S/C36H49N3O4S/c1-2-3-4-5-6-8-23-41-25-26-42-29-39-34-28-31(15-13-30(34)14-16-36(39)40)43-24-9-7-18-37-19-21-38(22-20-37)33-11-10-12-35-32(33)17-27-44-35/h10-17,27-28H,2-9,18-26,29H2,1H3. The first-order chi connectivity index (χ1) is 21.7. The van der Waals surface area contributed by atoms with E-state index in [0.29, 0.717) is 19.8 Å². The number of piperazine rings is 1. The van der Waals surface area contributed by atoms with Crippen molar-refractivity contribution >= 4 is 38.0 Å². The maximum absolute atomic E-state index is 12.7. The van der Waals surface area contributed by atoms with Crippen LogP contribution in [-0.4, -0.2) is 68.6 Å². The minimum Gasteiger partial charge on any atom is -0.494 e. The summed E-state index contributed by atoms with van der Waals surface area (Å²) in [5.74, 6) is 0.787. The summed E-state index contributed by atoms with van der Waals surface area (Å²) in [5.41, 5.74) is 2.13. The molecule has 0 saturated carbocycles. The first kappa shape index (κ1) is 32.5. The SMILES string of the molecule is CCCCCCCCOCCOCn1c(=O)ccc2ccc(OCCCCN3CCN(c4cccc5sccc45)CC3)cc21. The van der Waals surface area contributed by atoms with E-state index < -0.39 is 0 Å². The number of ether oxygens (including phenoxy) is 3. The number of fused-ring (bicyclic) bond motifs is 2. The van der Waals surface area contributed by atoms with Crippen molar-refractivity contribution in [1.82, 2.24) is 9.47 Å². The Labute approximate surface area is 266 Å². The molecule has 3 heterocycles. The molecule has 1 aliphatic rings. The van der Waals surface area contributed by atoms with Crippen LogP contribution < -0.4 is 15.2 Å². The summed E-state index contributed by atoms with van der Waals surface area (Å²) in [6.07, 6.45) is 9.62. The number of rotatable bonds is 19. The molecule has 0 spiro atoms. The maximum Gasteiger partial charge on any atom is 0.252 e. The lowest BCUT2D eigenvalue weighted by Crippen LogP contribution is -2.46. The summed E-state index contributed by atoms with van der Waals surface area (Å²) >= 11 is 1.82. The van der Waals surface area contributed by atoms with Gasteiger partial charge in [-0.1, -0.05) is 45.1 Å². The summed E-state index contributed by atoms with van der Waals surface area (Å²) in [7, 11) is 0. The van der Waals surface area contributed by atoms with Crippen molar-refractivity contribution in [2.75, 3.05) is 64.1 Å². The number of benzene rings is 2. The molecule has 0 aliphatic carbocycles. The highest BCUT2D eigenvalue weighted by Crippen LogP contribution is 2.31. The molecule has 2 aromatic heterocycles. The Balaban J connectivity index is 0.993. The molecule has 238 valence electrons. The van der Waals surface area contributed by atoms with Crippen molar-refractivity contribution in [3.05, 3.63) is 70.3 Å². The second-order valence-corrected chi connectivity index (χ2v) is 12.7. The fraction of sp³-hybridized carbons (Fsp3) is 0.528. The van der Waals surface area contributed by atoms with Crippen molar-refractivity contribution in [2.24, 2.45) is 0 Å². The Bertz CT molecular complexity index is 1480. The molecule has 0 atom stereocenters. The van der Waals surface area contributed by atoms with E-state index in [1.807, 2.05) is 35.6 Å². The van der Waals surface area contributed by atoms with Crippen LogP contribution in [0, 0.1) is 0 Å². The number of nitrogens with zero attached hydrogens (tertiary/aromatic N) is 3. The Morgan fingerprint density at radius 3 is 2.45 bits per heavy atom. The zero-order valence-electron chi connectivity index (χ0n) is 26.4. The molecule has 8 heteroatoms. The molecule has 2 aromatic carbocycles. The lowest BCUT2D eigenvalue weighted by molar-refractivity contribution is 0.0183. The topological polar surface area (TPSA) is 56.2 Å². The number of aromatic nitrogens is 1. The van der Waals surface area contributed by atoms with Crippen LogP contribution in [0.25, 0.3) is 21.0 Å². The molecule has 0 radical (unpaired) electrons. The predicted octanol–water partition coefficient (Wildman–Crippen LogP) is 7.55. The average Bonchev–Trinajstić information content (AvgIpc) is 3.54. The second-order valence-electron chi connectivity index (χ2n) is 11.7. The van der Waals surface area contributed by atoms with Crippen LogP contribution in [0.2, 0.25) is 0 Å². The number of hydrogen-bond donors (Lipinski definition) is 0. The Hall–Kier alpha value is -2.91. The van der Waals surface area contributed by atoms with Crippen LogP contribution >= 0.6 is 11.3 Å². The molecule has 4 aromatic rings. The van der Waals surface area contributed by atoms with E-state index in [0.717, 1.165) is 75.2 Å². The number of pyridine rings is 1. The van der Waals surface area contributed by atoms with Crippen molar-refractivity contribution in [3.63, 3.8) is 0 Å². The first-order valence-corrected chi connectivity index (χ1v) is 17.5. The molecule has 0 amide bonds. The van der Waals surface area contributed by atoms with Gasteiger partial charge in [0.1, 0.15) is 12.5 Å².